The Kier molecular flexibility index (Phi) is 8.06. The number of halogens is 3. The van der Waals surface area contributed by atoms with Crippen LogP contribution in [0.25, 0.3) is 10.9 Å². The van der Waals surface area contributed by atoms with E-state index in [4.69, 9.17) is 14.7 Å². The molecule has 3 aromatic rings. The van der Waals surface area contributed by atoms with E-state index in [2.05, 4.69) is 27.7 Å². The Labute approximate surface area is 252 Å². The van der Waals surface area contributed by atoms with Crippen molar-refractivity contribution in [1.29, 1.82) is 5.26 Å². The van der Waals surface area contributed by atoms with E-state index in [1.165, 1.54) is 18.3 Å². The van der Waals surface area contributed by atoms with Crippen LogP contribution in [0.15, 0.2) is 31.0 Å². The molecule has 0 aliphatic carbocycles. The maximum absolute atomic E-state index is 14.2. The summed E-state index contributed by atoms with van der Waals surface area (Å²) in [6.07, 6.45) is 0.727. The lowest BCUT2D eigenvalue weighted by Crippen LogP contribution is -2.55. The average molecular weight is 610 g/mol. The second-order valence-electron chi connectivity index (χ2n) is 11.5. The van der Waals surface area contributed by atoms with E-state index in [9.17, 15) is 23.2 Å². The number of aromatic amines is 1. The first-order valence-corrected chi connectivity index (χ1v) is 14.7. The van der Waals surface area contributed by atoms with Crippen LogP contribution in [0.3, 0.4) is 0 Å². The van der Waals surface area contributed by atoms with Crippen LogP contribution in [0.1, 0.15) is 36.1 Å². The van der Waals surface area contributed by atoms with E-state index in [1.807, 2.05) is 11.9 Å². The molecule has 1 amide bonds. The van der Waals surface area contributed by atoms with Crippen molar-refractivity contribution in [3.63, 3.8) is 0 Å². The maximum Gasteiger partial charge on any atom is 0.418 e. The van der Waals surface area contributed by atoms with Gasteiger partial charge in [0.25, 0.3) is 0 Å². The molecule has 5 heterocycles. The monoisotopic (exact) mass is 609 g/mol. The number of likely N-dealkylation sites (N-methyl/N-ethyl adjacent to an activating group) is 1. The smallest absolute Gasteiger partial charge is 0.418 e. The van der Waals surface area contributed by atoms with Gasteiger partial charge in [-0.15, -0.1) is 0 Å². The quantitative estimate of drug-likeness (QED) is 0.402. The van der Waals surface area contributed by atoms with Gasteiger partial charge in [-0.05, 0) is 51.1 Å². The number of likely N-dealkylation sites (tertiary alicyclic amines) is 1. The standard InChI is InChI=1S/C30H34F3N9O2/c1-3-26(43)42-14-13-41(16-19(42)8-10-34)28-21-9-12-40(27-22-15-35-38-24(22)7-6-23(27)30(31,32)33)17-25(21)36-29(37-28)44-18-20-5-4-11-39(20)2/h3,6-7,15,19-20H,1,4-5,8-9,11-14,16-18H2,2H3,(H,35,38)/t19?,20-/m0/s1. The van der Waals surface area contributed by atoms with Gasteiger partial charge in [-0.2, -0.15) is 33.5 Å². The van der Waals surface area contributed by atoms with Crippen LogP contribution in [-0.4, -0.2) is 94.3 Å². The number of hydrogen-bond donors (Lipinski definition) is 1. The number of hydrogen-bond acceptors (Lipinski definition) is 9. The second-order valence-corrected chi connectivity index (χ2v) is 11.5. The number of benzene rings is 1. The van der Waals surface area contributed by atoms with Crippen LogP contribution in [0.4, 0.5) is 24.7 Å². The molecule has 3 aliphatic heterocycles. The molecule has 0 bridgehead atoms. The normalized spacial score (nSPS) is 20.9. The summed E-state index contributed by atoms with van der Waals surface area (Å²) in [6, 6.07) is 4.68. The van der Waals surface area contributed by atoms with Crippen LogP contribution in [-0.2, 0) is 23.9 Å². The van der Waals surface area contributed by atoms with Crippen molar-refractivity contribution in [3.8, 4) is 12.1 Å². The number of amides is 1. The van der Waals surface area contributed by atoms with Gasteiger partial charge in [-0.1, -0.05) is 6.58 Å². The molecule has 3 aliphatic rings. The molecule has 0 radical (unpaired) electrons. The predicted octanol–water partition coefficient (Wildman–Crippen LogP) is 3.52. The molecule has 11 nitrogen and oxygen atoms in total. The fourth-order valence-electron chi connectivity index (χ4n) is 6.57. The summed E-state index contributed by atoms with van der Waals surface area (Å²) in [5.74, 6) is 0.402. The number of H-pyrrole nitrogens is 1. The topological polar surface area (TPSA) is 118 Å². The number of alkyl halides is 3. The summed E-state index contributed by atoms with van der Waals surface area (Å²) < 4.78 is 48.8. The third-order valence-corrected chi connectivity index (χ3v) is 8.88. The highest BCUT2D eigenvalue weighted by molar-refractivity contribution is 5.94. The molecule has 1 aromatic carbocycles. The lowest BCUT2D eigenvalue weighted by Gasteiger charge is -2.42. The first-order valence-electron chi connectivity index (χ1n) is 14.7. The summed E-state index contributed by atoms with van der Waals surface area (Å²) in [5.41, 5.74) is 1.27. The van der Waals surface area contributed by atoms with Crippen molar-refractivity contribution in [1.82, 2.24) is 30.0 Å². The molecule has 44 heavy (non-hydrogen) atoms. The Morgan fingerprint density at radius 3 is 2.77 bits per heavy atom. The number of aromatic nitrogens is 4. The maximum atomic E-state index is 14.2. The number of ether oxygens (including phenoxy) is 1. The molecule has 1 N–H and O–H groups in total. The Morgan fingerprint density at radius 1 is 1.20 bits per heavy atom. The van der Waals surface area contributed by atoms with Gasteiger partial charge in [0.1, 0.15) is 12.4 Å². The Morgan fingerprint density at radius 2 is 2.05 bits per heavy atom. The zero-order valence-electron chi connectivity index (χ0n) is 24.5. The van der Waals surface area contributed by atoms with Gasteiger partial charge in [0.05, 0.1) is 53.7 Å². The molecule has 2 atom stereocenters. The first kappa shape index (κ1) is 29.7. The Bertz CT molecular complexity index is 1600. The highest BCUT2D eigenvalue weighted by atomic mass is 19.4. The Hall–Kier alpha value is -4.38. The number of carbonyl (C=O) groups excluding carboxylic acids is 1. The molecule has 6 rings (SSSR count). The molecule has 2 aromatic heterocycles. The van der Waals surface area contributed by atoms with Crippen LogP contribution >= 0.6 is 0 Å². The van der Waals surface area contributed by atoms with Crippen molar-refractivity contribution in [3.05, 3.63) is 47.8 Å². The molecule has 232 valence electrons. The number of nitrogens with zero attached hydrogens (tertiary/aromatic N) is 8. The van der Waals surface area contributed by atoms with E-state index in [-0.39, 0.29) is 42.7 Å². The van der Waals surface area contributed by atoms with Gasteiger partial charge in [-0.25, -0.2) is 0 Å². The summed E-state index contributed by atoms with van der Waals surface area (Å²) in [6.45, 7) is 6.61. The SMILES string of the molecule is C=CC(=O)N1CCN(c2nc(OC[C@@H]3CCCN3C)nc3c2CCN(c2c(C(F)(F)F)ccc4[nH]ncc24)C3)CC1CC#N. The second kappa shape index (κ2) is 12.0. The van der Waals surface area contributed by atoms with Crippen molar-refractivity contribution in [2.45, 2.75) is 50.5 Å². The third kappa shape index (κ3) is 5.63. The zero-order chi connectivity index (χ0) is 31.0. The van der Waals surface area contributed by atoms with Gasteiger partial charge < -0.3 is 24.3 Å². The van der Waals surface area contributed by atoms with Crippen LogP contribution in [0, 0.1) is 11.3 Å². The summed E-state index contributed by atoms with van der Waals surface area (Å²) in [7, 11) is 2.05. The Balaban J connectivity index is 1.37. The molecule has 2 fully saturated rings. The predicted molar refractivity (Wildman–Crippen MR) is 157 cm³/mol. The van der Waals surface area contributed by atoms with E-state index in [1.54, 1.807) is 9.80 Å². The van der Waals surface area contributed by atoms with Gasteiger partial charge in [0.2, 0.25) is 5.91 Å². The molecule has 0 spiro atoms. The minimum absolute atomic E-state index is 0.0650. The fraction of sp³-hybridized carbons (Fsp3) is 0.500. The van der Waals surface area contributed by atoms with E-state index in [0.29, 0.717) is 61.6 Å². The minimum atomic E-state index is -4.56. The summed E-state index contributed by atoms with van der Waals surface area (Å²) >= 11 is 0. The zero-order valence-corrected chi connectivity index (χ0v) is 24.5. The van der Waals surface area contributed by atoms with Crippen molar-refractivity contribution in [2.24, 2.45) is 0 Å². The molecule has 2 saturated heterocycles. The molecular weight excluding hydrogens is 575 g/mol. The van der Waals surface area contributed by atoms with Gasteiger partial charge in [0, 0.05) is 43.2 Å². The number of rotatable bonds is 7. The number of piperazine rings is 1. The largest absolute Gasteiger partial charge is 0.462 e. The van der Waals surface area contributed by atoms with Gasteiger partial charge in [0.15, 0.2) is 0 Å². The van der Waals surface area contributed by atoms with E-state index < -0.39 is 11.7 Å². The lowest BCUT2D eigenvalue weighted by atomic mass is 10.00. The van der Waals surface area contributed by atoms with E-state index >= 15 is 0 Å². The molecular formula is C30H34F3N9O2. The van der Waals surface area contributed by atoms with Gasteiger partial charge in [-0.3, -0.25) is 9.89 Å². The fourth-order valence-corrected chi connectivity index (χ4v) is 6.57. The lowest BCUT2D eigenvalue weighted by molar-refractivity contribution is -0.137. The average Bonchev–Trinajstić information content (AvgIpc) is 3.66. The highest BCUT2D eigenvalue weighted by Gasteiger charge is 2.38. The molecule has 1 unspecified atom stereocenters. The third-order valence-electron chi connectivity index (χ3n) is 8.88. The number of nitriles is 1. The van der Waals surface area contributed by atoms with Crippen molar-refractivity contribution in [2.75, 3.05) is 56.2 Å². The number of nitrogens with one attached hydrogen (secondary N) is 1. The van der Waals surface area contributed by atoms with Crippen LogP contribution < -0.4 is 14.5 Å². The molecule has 0 saturated carbocycles. The van der Waals surface area contributed by atoms with Crippen molar-refractivity contribution >= 4 is 28.3 Å². The first-order chi connectivity index (χ1) is 21.2. The summed E-state index contributed by atoms with van der Waals surface area (Å²) in [5, 5.41) is 16.6. The number of carbonyl (C=O) groups is 1. The van der Waals surface area contributed by atoms with E-state index in [0.717, 1.165) is 31.0 Å². The number of anilines is 2. The van der Waals surface area contributed by atoms with Gasteiger partial charge >= 0.3 is 12.2 Å². The van der Waals surface area contributed by atoms with Crippen LogP contribution in [0.5, 0.6) is 6.01 Å². The summed E-state index contributed by atoms with van der Waals surface area (Å²) in [4.78, 5) is 29.7. The molecule has 14 heteroatoms. The van der Waals surface area contributed by atoms with Crippen LogP contribution in [0.2, 0.25) is 0 Å². The van der Waals surface area contributed by atoms with Crippen molar-refractivity contribution < 1.29 is 22.7 Å². The minimum Gasteiger partial charge on any atom is -0.462 e. The highest BCUT2D eigenvalue weighted by Crippen LogP contribution is 2.42. The number of fused-ring (bicyclic) bond motifs is 2.